The van der Waals surface area contributed by atoms with Crippen LogP contribution in [0.1, 0.15) is 14.9 Å². The maximum Gasteiger partial charge on any atom is 0.0106 e. The minimum Gasteiger partial charge on any atom is -0.357 e. The molecule has 0 aliphatic rings. The normalized spacial score (nSPS) is 6.62. The molecule has 0 fully saturated rings. The minimum atomic E-state index is 0. The highest BCUT2D eigenvalue weighted by Crippen LogP contribution is 1.80. The van der Waals surface area contributed by atoms with Crippen molar-refractivity contribution in [2.45, 2.75) is 14.9 Å². The molecule has 0 saturated heterocycles. The number of aromatic nitrogens is 1. The monoisotopic (exact) mass is 113 g/mol. The molecule has 0 radical (unpaired) electrons. The van der Waals surface area contributed by atoms with E-state index in [9.17, 15) is 0 Å². The van der Waals surface area contributed by atoms with Crippen molar-refractivity contribution < 1.29 is 0 Å². The van der Waals surface area contributed by atoms with E-state index in [-0.39, 0.29) is 14.9 Å². The van der Waals surface area contributed by atoms with Crippen LogP contribution in [0.4, 0.5) is 0 Å². The quantitative estimate of drug-likeness (QED) is 0.486. The zero-order valence-electron chi connectivity index (χ0n) is 3.76. The summed E-state index contributed by atoms with van der Waals surface area (Å²) < 4.78 is 2.00. The second kappa shape index (κ2) is 4.44. The van der Waals surface area contributed by atoms with Crippen LogP contribution in [0.3, 0.4) is 0 Å². The van der Waals surface area contributed by atoms with E-state index >= 15 is 0 Å². The van der Waals surface area contributed by atoms with E-state index in [0.29, 0.717) is 0 Å². The summed E-state index contributed by atoms with van der Waals surface area (Å²) in [6.45, 7) is 0. The third-order valence-corrected chi connectivity index (χ3v) is 0.754. The van der Waals surface area contributed by atoms with Gasteiger partial charge in [-0.15, -0.1) is 0 Å². The molecule has 0 N–H and O–H groups in total. The van der Waals surface area contributed by atoms with Crippen LogP contribution >= 0.6 is 0 Å². The Bertz CT molecular complexity index is 108. The number of rotatable bonds is 0. The second-order valence-electron chi connectivity index (χ2n) is 1.35. The van der Waals surface area contributed by atoms with Crippen LogP contribution in [0.5, 0.6) is 0 Å². The van der Waals surface area contributed by atoms with Crippen molar-refractivity contribution in [1.29, 1.82) is 0 Å². The third kappa shape index (κ3) is 2.45. The van der Waals surface area contributed by atoms with Gasteiger partial charge in [0.2, 0.25) is 0 Å². The molecule has 8 heavy (non-hydrogen) atoms. The average molecular weight is 113 g/mol. The van der Waals surface area contributed by atoms with Crippen molar-refractivity contribution in [3.63, 3.8) is 0 Å². The Morgan fingerprint density at radius 3 is 1.50 bits per heavy atom. The predicted molar refractivity (Wildman–Crippen MR) is 38.9 cm³/mol. The van der Waals surface area contributed by atoms with Gasteiger partial charge in [0.1, 0.15) is 0 Å². The number of hydrogen-bond donors (Lipinski definition) is 0. The lowest BCUT2D eigenvalue weighted by Gasteiger charge is -1.79. The van der Waals surface area contributed by atoms with Gasteiger partial charge in [0.05, 0.1) is 0 Å². The lowest BCUT2D eigenvalue weighted by atomic mass is 10.7. The van der Waals surface area contributed by atoms with E-state index in [1.54, 1.807) is 0 Å². The van der Waals surface area contributed by atoms with Gasteiger partial charge in [-0.3, -0.25) is 0 Å². The summed E-state index contributed by atoms with van der Waals surface area (Å²) in [7, 11) is 2.00. The van der Waals surface area contributed by atoms with Crippen LogP contribution in [-0.4, -0.2) is 4.57 Å². The smallest absolute Gasteiger partial charge is 0.0106 e. The molecular weight excluding hydrogens is 98.1 g/mol. The standard InChI is InChI=1S/C5H7N.2CH4/c1-6-4-2-3-5-6;;/h2-5H,1H3;2*1H4. The third-order valence-electron chi connectivity index (χ3n) is 0.754. The molecule has 0 aromatic carbocycles. The van der Waals surface area contributed by atoms with Crippen LogP contribution in [0.15, 0.2) is 24.5 Å². The molecule has 1 nitrogen and oxygen atoms in total. The van der Waals surface area contributed by atoms with E-state index in [2.05, 4.69) is 0 Å². The molecule has 1 heteroatoms. The van der Waals surface area contributed by atoms with Gasteiger partial charge < -0.3 is 4.57 Å². The van der Waals surface area contributed by atoms with Gasteiger partial charge >= 0.3 is 0 Å². The van der Waals surface area contributed by atoms with Gasteiger partial charge in [-0.05, 0) is 12.1 Å². The van der Waals surface area contributed by atoms with Gasteiger partial charge in [-0.2, -0.15) is 0 Å². The molecule has 1 aromatic heterocycles. The van der Waals surface area contributed by atoms with E-state index in [1.807, 2.05) is 36.1 Å². The minimum absolute atomic E-state index is 0. The van der Waals surface area contributed by atoms with E-state index < -0.39 is 0 Å². The Hall–Kier alpha value is -0.720. The highest BCUT2D eigenvalue weighted by molar-refractivity contribution is 4.88. The second-order valence-corrected chi connectivity index (χ2v) is 1.35. The first-order valence-electron chi connectivity index (χ1n) is 1.96. The first kappa shape index (κ1) is 10.3. The molecule has 1 rings (SSSR count). The summed E-state index contributed by atoms with van der Waals surface area (Å²) in [5, 5.41) is 0. The maximum absolute atomic E-state index is 2.00. The van der Waals surface area contributed by atoms with Gasteiger partial charge in [-0.1, -0.05) is 14.9 Å². The molecule has 0 amide bonds. The molecule has 0 aliphatic heterocycles. The first-order chi connectivity index (χ1) is 2.89. The van der Waals surface area contributed by atoms with Crippen LogP contribution in [0.2, 0.25) is 0 Å². The van der Waals surface area contributed by atoms with E-state index in [4.69, 9.17) is 0 Å². The Labute approximate surface area is 52.0 Å². The van der Waals surface area contributed by atoms with E-state index in [1.165, 1.54) is 0 Å². The topological polar surface area (TPSA) is 4.93 Å². The fourth-order valence-corrected chi connectivity index (χ4v) is 0.421. The predicted octanol–water partition coefficient (Wildman–Crippen LogP) is 2.30. The molecule has 1 heterocycles. The Morgan fingerprint density at radius 2 is 1.38 bits per heavy atom. The highest BCUT2D eigenvalue weighted by atomic mass is 14.9. The van der Waals surface area contributed by atoms with Crippen molar-refractivity contribution in [1.82, 2.24) is 4.57 Å². The summed E-state index contributed by atoms with van der Waals surface area (Å²) in [5.74, 6) is 0. The first-order valence-corrected chi connectivity index (χ1v) is 1.96. The highest BCUT2D eigenvalue weighted by Gasteiger charge is 1.68. The Morgan fingerprint density at radius 1 is 1.00 bits per heavy atom. The molecule has 0 unspecified atom stereocenters. The Balaban J connectivity index is 0. The summed E-state index contributed by atoms with van der Waals surface area (Å²) in [6.07, 6.45) is 4.00. The molecule has 0 atom stereocenters. The molecule has 0 saturated carbocycles. The van der Waals surface area contributed by atoms with Crippen molar-refractivity contribution in [3.8, 4) is 0 Å². The van der Waals surface area contributed by atoms with Crippen LogP contribution < -0.4 is 0 Å². The van der Waals surface area contributed by atoms with Crippen LogP contribution in [0, 0.1) is 0 Å². The van der Waals surface area contributed by atoms with Crippen molar-refractivity contribution in [2.24, 2.45) is 7.05 Å². The van der Waals surface area contributed by atoms with Gasteiger partial charge in [-0.25, -0.2) is 0 Å². The van der Waals surface area contributed by atoms with Crippen LogP contribution in [-0.2, 0) is 7.05 Å². The molecule has 1 aromatic rings. The van der Waals surface area contributed by atoms with Crippen molar-refractivity contribution in [3.05, 3.63) is 24.5 Å². The van der Waals surface area contributed by atoms with Gasteiger partial charge in [0.25, 0.3) is 0 Å². The number of hydrogen-bond acceptors (Lipinski definition) is 0. The SMILES string of the molecule is C.C.Cn1cccc1. The fourth-order valence-electron chi connectivity index (χ4n) is 0.421. The van der Waals surface area contributed by atoms with Gasteiger partial charge in [0, 0.05) is 19.4 Å². The van der Waals surface area contributed by atoms with Crippen LogP contribution in [0.25, 0.3) is 0 Å². The summed E-state index contributed by atoms with van der Waals surface area (Å²) in [5.41, 5.74) is 0. The molecule has 0 aliphatic carbocycles. The summed E-state index contributed by atoms with van der Waals surface area (Å²) in [6, 6.07) is 4.00. The lowest BCUT2D eigenvalue weighted by Crippen LogP contribution is -1.75. The summed E-state index contributed by atoms with van der Waals surface area (Å²) in [4.78, 5) is 0. The maximum atomic E-state index is 2.00. The molecular formula is C7H15N. The number of nitrogens with zero attached hydrogens (tertiary/aromatic N) is 1. The Kier molecular flexibility index (Phi) is 5.71. The van der Waals surface area contributed by atoms with E-state index in [0.717, 1.165) is 0 Å². The average Bonchev–Trinajstić information content (AvgIpc) is 1.86. The lowest BCUT2D eigenvalue weighted by molar-refractivity contribution is 0.928. The van der Waals surface area contributed by atoms with Crippen molar-refractivity contribution >= 4 is 0 Å². The fraction of sp³-hybridized carbons (Fsp3) is 0.429. The zero-order chi connectivity index (χ0) is 4.41. The van der Waals surface area contributed by atoms with Gasteiger partial charge in [0.15, 0.2) is 0 Å². The summed E-state index contributed by atoms with van der Waals surface area (Å²) >= 11 is 0. The largest absolute Gasteiger partial charge is 0.357 e. The number of aryl methyl sites for hydroxylation is 1. The molecule has 0 bridgehead atoms. The molecule has 0 spiro atoms. The molecule has 48 valence electrons. The zero-order valence-corrected chi connectivity index (χ0v) is 3.76. The van der Waals surface area contributed by atoms with Crippen molar-refractivity contribution in [2.75, 3.05) is 0 Å².